The number of hydrogen-bond acceptors (Lipinski definition) is 2. The molecule has 0 spiro atoms. The molecule has 0 saturated carbocycles. The highest BCUT2D eigenvalue weighted by Crippen LogP contribution is 2.29. The summed E-state index contributed by atoms with van der Waals surface area (Å²) >= 11 is 7.49. The Hall–Kier alpha value is -0.930. The molecule has 0 amide bonds. The lowest BCUT2D eigenvalue weighted by atomic mass is 10.1. The smallest absolute Gasteiger partial charge is 0.157 e. The molecule has 1 unspecified atom stereocenters. The van der Waals surface area contributed by atoms with Crippen molar-refractivity contribution < 1.29 is 0 Å². The van der Waals surface area contributed by atoms with Crippen LogP contribution in [0.2, 0.25) is 5.02 Å². The second-order valence-corrected chi connectivity index (χ2v) is 5.45. The molecule has 90 valence electrons. The summed E-state index contributed by atoms with van der Waals surface area (Å²) in [4.78, 5) is 2.09. The molecule has 1 heterocycles. The number of rotatable bonds is 3. The van der Waals surface area contributed by atoms with Crippen molar-refractivity contribution in [2.75, 3.05) is 12.3 Å². The third-order valence-corrected chi connectivity index (χ3v) is 4.07. The van der Waals surface area contributed by atoms with Crippen LogP contribution in [0.4, 0.5) is 0 Å². The van der Waals surface area contributed by atoms with Crippen molar-refractivity contribution in [2.45, 2.75) is 12.5 Å². The van der Waals surface area contributed by atoms with Crippen LogP contribution in [0, 0.1) is 5.41 Å². The first-order valence-electron chi connectivity index (χ1n) is 5.58. The van der Waals surface area contributed by atoms with E-state index in [9.17, 15) is 0 Å². The number of hydrogen-bond donors (Lipinski definition) is 1. The Balaban J connectivity index is 2.23. The first kappa shape index (κ1) is 12.5. The van der Waals surface area contributed by atoms with Gasteiger partial charge in [-0.05, 0) is 24.1 Å². The van der Waals surface area contributed by atoms with Gasteiger partial charge in [-0.25, -0.2) is 0 Å². The van der Waals surface area contributed by atoms with Crippen LogP contribution in [-0.4, -0.2) is 22.4 Å². The number of benzene rings is 1. The van der Waals surface area contributed by atoms with Gasteiger partial charge in [-0.1, -0.05) is 41.6 Å². The summed E-state index contributed by atoms with van der Waals surface area (Å²) in [5.41, 5.74) is 1.14. The van der Waals surface area contributed by atoms with Gasteiger partial charge in [-0.3, -0.25) is 5.41 Å². The quantitative estimate of drug-likeness (QED) is 0.839. The van der Waals surface area contributed by atoms with Gasteiger partial charge in [0.05, 0.1) is 6.04 Å². The van der Waals surface area contributed by atoms with E-state index in [1.807, 2.05) is 30.3 Å². The molecule has 0 radical (unpaired) electrons. The molecule has 1 aromatic carbocycles. The van der Waals surface area contributed by atoms with E-state index < -0.39 is 0 Å². The summed E-state index contributed by atoms with van der Waals surface area (Å²) in [6, 6.07) is 7.84. The fourth-order valence-corrected chi connectivity index (χ4v) is 2.92. The van der Waals surface area contributed by atoms with Crippen molar-refractivity contribution in [2.24, 2.45) is 0 Å². The topological polar surface area (TPSA) is 27.1 Å². The van der Waals surface area contributed by atoms with Gasteiger partial charge in [0, 0.05) is 17.3 Å². The zero-order valence-electron chi connectivity index (χ0n) is 9.53. The average Bonchev–Trinajstić information content (AvgIpc) is 2.35. The summed E-state index contributed by atoms with van der Waals surface area (Å²) in [7, 11) is 0. The molecule has 1 atom stereocenters. The Labute approximate surface area is 111 Å². The molecule has 2 nitrogen and oxygen atoms in total. The third kappa shape index (κ3) is 2.85. The molecule has 0 bridgehead atoms. The summed E-state index contributed by atoms with van der Waals surface area (Å²) in [6.07, 6.45) is 3.01. The lowest BCUT2D eigenvalue weighted by Gasteiger charge is -2.34. The number of thioether (sulfide) groups is 1. The lowest BCUT2D eigenvalue weighted by molar-refractivity contribution is 0.367. The first-order chi connectivity index (χ1) is 8.22. The van der Waals surface area contributed by atoms with Crippen molar-refractivity contribution >= 4 is 28.5 Å². The summed E-state index contributed by atoms with van der Waals surface area (Å²) in [5, 5.41) is 9.36. The Morgan fingerprint density at radius 3 is 2.71 bits per heavy atom. The van der Waals surface area contributed by atoms with Gasteiger partial charge in [0.1, 0.15) is 0 Å². The van der Waals surface area contributed by atoms with Crippen LogP contribution in [0.1, 0.15) is 18.0 Å². The summed E-state index contributed by atoms with van der Waals surface area (Å²) in [5.74, 6) is 1.04. The molecular formula is C13H15ClN2S. The normalized spacial score (nSPS) is 17.9. The van der Waals surface area contributed by atoms with Gasteiger partial charge in [0.15, 0.2) is 5.17 Å². The second-order valence-electron chi connectivity index (χ2n) is 3.93. The maximum atomic E-state index is 7.99. The van der Waals surface area contributed by atoms with Crippen LogP contribution < -0.4 is 0 Å². The van der Waals surface area contributed by atoms with Gasteiger partial charge >= 0.3 is 0 Å². The van der Waals surface area contributed by atoms with E-state index >= 15 is 0 Å². The Morgan fingerprint density at radius 2 is 2.12 bits per heavy atom. The molecule has 1 fully saturated rings. The van der Waals surface area contributed by atoms with Crippen molar-refractivity contribution in [3.63, 3.8) is 0 Å². The first-order valence-corrected chi connectivity index (χ1v) is 6.95. The highest BCUT2D eigenvalue weighted by molar-refractivity contribution is 8.13. The van der Waals surface area contributed by atoms with Gasteiger partial charge in [-0.15, -0.1) is 6.58 Å². The van der Waals surface area contributed by atoms with E-state index in [-0.39, 0.29) is 6.04 Å². The van der Waals surface area contributed by atoms with Crippen LogP contribution in [0.5, 0.6) is 0 Å². The summed E-state index contributed by atoms with van der Waals surface area (Å²) in [6.45, 7) is 4.81. The minimum atomic E-state index is 0.0765. The Kier molecular flexibility index (Phi) is 4.13. The molecule has 1 N–H and O–H groups in total. The predicted octanol–water partition coefficient (Wildman–Crippen LogP) is 3.94. The fraction of sp³-hybridized carbons (Fsp3) is 0.308. The van der Waals surface area contributed by atoms with Crippen molar-refractivity contribution in [1.82, 2.24) is 4.90 Å². The minimum absolute atomic E-state index is 0.0765. The lowest BCUT2D eigenvalue weighted by Crippen LogP contribution is -2.36. The molecule has 4 heteroatoms. The van der Waals surface area contributed by atoms with E-state index in [0.29, 0.717) is 5.17 Å². The second kappa shape index (κ2) is 5.61. The van der Waals surface area contributed by atoms with E-state index in [1.54, 1.807) is 11.8 Å². The molecule has 17 heavy (non-hydrogen) atoms. The molecule has 1 aliphatic rings. The summed E-state index contributed by atoms with van der Waals surface area (Å²) < 4.78 is 0. The Morgan fingerprint density at radius 1 is 1.41 bits per heavy atom. The van der Waals surface area contributed by atoms with E-state index in [4.69, 9.17) is 17.0 Å². The fourth-order valence-electron chi connectivity index (χ4n) is 1.96. The number of amidine groups is 1. The van der Waals surface area contributed by atoms with Crippen molar-refractivity contribution in [1.29, 1.82) is 5.41 Å². The van der Waals surface area contributed by atoms with Crippen LogP contribution in [0.3, 0.4) is 0 Å². The van der Waals surface area contributed by atoms with Crippen LogP contribution >= 0.6 is 23.4 Å². The molecule has 1 aliphatic heterocycles. The average molecular weight is 267 g/mol. The maximum Gasteiger partial charge on any atom is 0.157 e. The molecule has 0 aromatic heterocycles. The number of nitrogens with zero attached hydrogens (tertiary/aromatic N) is 1. The van der Waals surface area contributed by atoms with Gasteiger partial charge in [0.2, 0.25) is 0 Å². The van der Waals surface area contributed by atoms with Crippen LogP contribution in [0.15, 0.2) is 36.9 Å². The third-order valence-electron chi connectivity index (χ3n) is 2.81. The Bertz CT molecular complexity index is 416. The zero-order chi connectivity index (χ0) is 12.3. The zero-order valence-corrected chi connectivity index (χ0v) is 11.1. The molecule has 2 rings (SSSR count). The van der Waals surface area contributed by atoms with Crippen LogP contribution in [-0.2, 0) is 0 Å². The maximum absolute atomic E-state index is 7.99. The number of halogens is 1. The standard InChI is InChI=1S/C13H15ClN2S/c1-2-12(10-4-6-11(14)7-5-10)16-8-3-9-17-13(16)15/h2,4-7,12,15H,1,3,8-9H2. The monoisotopic (exact) mass is 266 g/mol. The predicted molar refractivity (Wildman–Crippen MR) is 75.9 cm³/mol. The number of nitrogens with one attached hydrogen (secondary N) is 1. The van der Waals surface area contributed by atoms with E-state index in [2.05, 4.69) is 11.5 Å². The van der Waals surface area contributed by atoms with E-state index in [1.165, 1.54) is 0 Å². The highest BCUT2D eigenvalue weighted by atomic mass is 35.5. The largest absolute Gasteiger partial charge is 0.341 e. The van der Waals surface area contributed by atoms with Gasteiger partial charge in [0.25, 0.3) is 0 Å². The molecule has 0 aliphatic carbocycles. The van der Waals surface area contributed by atoms with Crippen molar-refractivity contribution in [3.05, 3.63) is 47.5 Å². The van der Waals surface area contributed by atoms with E-state index in [0.717, 1.165) is 29.3 Å². The molecular weight excluding hydrogens is 252 g/mol. The SMILES string of the molecule is C=CC(c1ccc(Cl)cc1)N1CCCSC1=N. The van der Waals surface area contributed by atoms with Gasteiger partial charge in [-0.2, -0.15) is 0 Å². The minimum Gasteiger partial charge on any atom is -0.341 e. The van der Waals surface area contributed by atoms with Gasteiger partial charge < -0.3 is 4.90 Å². The highest BCUT2D eigenvalue weighted by Gasteiger charge is 2.23. The van der Waals surface area contributed by atoms with Crippen molar-refractivity contribution in [3.8, 4) is 0 Å². The molecule has 1 aromatic rings. The molecule has 1 saturated heterocycles. The van der Waals surface area contributed by atoms with Crippen LogP contribution in [0.25, 0.3) is 0 Å².